The fourth-order valence-corrected chi connectivity index (χ4v) is 2.12. The molecule has 1 aromatic rings. The van der Waals surface area contributed by atoms with E-state index in [0.29, 0.717) is 6.04 Å². The minimum Gasteiger partial charge on any atom is -0.306 e. The van der Waals surface area contributed by atoms with E-state index in [9.17, 15) is 0 Å². The Kier molecular flexibility index (Phi) is 2.69. The fraction of sp³-hybridized carbons (Fsp3) is 0.700. The molecule has 1 aliphatic heterocycles. The van der Waals surface area contributed by atoms with Crippen molar-refractivity contribution in [2.24, 2.45) is 13.0 Å². The van der Waals surface area contributed by atoms with Gasteiger partial charge in [-0.3, -0.25) is 4.68 Å². The molecule has 1 fully saturated rings. The molecule has 5 nitrogen and oxygen atoms in total. The molecule has 0 amide bonds. The molecule has 5 heteroatoms. The average Bonchev–Trinajstić information content (AvgIpc) is 2.64. The summed E-state index contributed by atoms with van der Waals surface area (Å²) in [6.45, 7) is 2.10. The maximum absolute atomic E-state index is 8.96. The highest BCUT2D eigenvalue weighted by molar-refractivity contribution is 5.06. The zero-order valence-corrected chi connectivity index (χ0v) is 9.01. The Morgan fingerprint density at radius 2 is 2.40 bits per heavy atom. The maximum Gasteiger partial charge on any atom is 0.0996 e. The van der Waals surface area contributed by atoms with E-state index < -0.39 is 0 Å². The van der Waals surface area contributed by atoms with Crippen molar-refractivity contribution in [1.82, 2.24) is 20.3 Å². The van der Waals surface area contributed by atoms with Gasteiger partial charge >= 0.3 is 0 Å². The van der Waals surface area contributed by atoms with Crippen LogP contribution in [0.25, 0.3) is 0 Å². The van der Waals surface area contributed by atoms with Gasteiger partial charge in [-0.15, -0.1) is 5.10 Å². The molecule has 0 saturated carbocycles. The zero-order chi connectivity index (χ0) is 10.8. The lowest BCUT2D eigenvalue weighted by Gasteiger charge is -2.30. The number of piperidine rings is 1. The van der Waals surface area contributed by atoms with Crippen LogP contribution in [0.4, 0.5) is 0 Å². The Morgan fingerprint density at radius 3 is 3.00 bits per heavy atom. The summed E-state index contributed by atoms with van der Waals surface area (Å²) in [6, 6.07) is 2.89. The summed E-state index contributed by atoms with van der Waals surface area (Å²) in [6.07, 6.45) is 3.66. The summed E-state index contributed by atoms with van der Waals surface area (Å²) in [7, 11) is 1.85. The number of nitriles is 1. The summed E-state index contributed by atoms with van der Waals surface area (Å²) in [5.74, 6) is 0.133. The van der Waals surface area contributed by atoms with Crippen LogP contribution in [0.15, 0.2) is 6.20 Å². The molecule has 2 heterocycles. The van der Waals surface area contributed by atoms with Gasteiger partial charge in [0.25, 0.3) is 0 Å². The molecular weight excluding hydrogens is 190 g/mol. The van der Waals surface area contributed by atoms with Gasteiger partial charge in [-0.1, -0.05) is 5.21 Å². The van der Waals surface area contributed by atoms with E-state index in [1.165, 1.54) is 0 Å². The third kappa shape index (κ3) is 2.16. The summed E-state index contributed by atoms with van der Waals surface area (Å²) in [5.41, 5.74) is 0.935. The Morgan fingerprint density at radius 1 is 1.60 bits per heavy atom. The van der Waals surface area contributed by atoms with Gasteiger partial charge in [-0.2, -0.15) is 5.26 Å². The van der Waals surface area contributed by atoms with E-state index in [4.69, 9.17) is 5.26 Å². The van der Waals surface area contributed by atoms with Gasteiger partial charge in [-0.05, 0) is 19.8 Å². The highest BCUT2D eigenvalue weighted by Crippen LogP contribution is 2.27. The van der Waals surface area contributed by atoms with Gasteiger partial charge in [0.05, 0.1) is 17.8 Å². The Hall–Kier alpha value is -1.41. The second-order valence-electron chi connectivity index (χ2n) is 4.23. The van der Waals surface area contributed by atoms with Crippen LogP contribution in [-0.4, -0.2) is 21.0 Å². The van der Waals surface area contributed by atoms with Crippen LogP contribution >= 0.6 is 0 Å². The number of aryl methyl sites for hydroxylation is 1. The molecule has 15 heavy (non-hydrogen) atoms. The van der Waals surface area contributed by atoms with E-state index in [2.05, 4.69) is 28.6 Å². The summed E-state index contributed by atoms with van der Waals surface area (Å²) in [5, 5.41) is 20.4. The molecule has 2 rings (SSSR count). The molecule has 0 aliphatic carbocycles. The second kappa shape index (κ2) is 3.99. The smallest absolute Gasteiger partial charge is 0.0996 e. The van der Waals surface area contributed by atoms with Crippen LogP contribution < -0.4 is 5.32 Å². The van der Waals surface area contributed by atoms with Gasteiger partial charge in [0.1, 0.15) is 0 Å². The van der Waals surface area contributed by atoms with Crippen molar-refractivity contribution >= 4 is 0 Å². The maximum atomic E-state index is 8.96. The molecule has 0 bridgehead atoms. The summed E-state index contributed by atoms with van der Waals surface area (Å²) >= 11 is 0. The van der Waals surface area contributed by atoms with E-state index in [-0.39, 0.29) is 12.0 Å². The van der Waals surface area contributed by atoms with Gasteiger partial charge in [0.15, 0.2) is 0 Å². The first-order valence-electron chi connectivity index (χ1n) is 5.21. The molecule has 3 atom stereocenters. The minimum absolute atomic E-state index is 0.133. The molecule has 80 valence electrons. The van der Waals surface area contributed by atoms with Gasteiger partial charge in [-0.25, -0.2) is 0 Å². The van der Waals surface area contributed by atoms with Crippen molar-refractivity contribution in [3.63, 3.8) is 0 Å². The fourth-order valence-electron chi connectivity index (χ4n) is 2.12. The third-order valence-electron chi connectivity index (χ3n) is 2.80. The van der Waals surface area contributed by atoms with Crippen LogP contribution in [0, 0.1) is 17.2 Å². The molecule has 0 aromatic carbocycles. The zero-order valence-electron chi connectivity index (χ0n) is 9.01. The first kappa shape index (κ1) is 10.1. The van der Waals surface area contributed by atoms with E-state index in [1.54, 1.807) is 4.68 Å². The van der Waals surface area contributed by atoms with Crippen molar-refractivity contribution in [3.8, 4) is 6.07 Å². The number of aromatic nitrogens is 3. The van der Waals surface area contributed by atoms with Crippen LogP contribution in [0.2, 0.25) is 0 Å². The molecule has 1 saturated heterocycles. The topological polar surface area (TPSA) is 66.5 Å². The summed E-state index contributed by atoms with van der Waals surface area (Å²) in [4.78, 5) is 0. The van der Waals surface area contributed by atoms with Gasteiger partial charge in [0, 0.05) is 25.2 Å². The Bertz CT molecular complexity index is 377. The SMILES string of the molecule is C[C@H]1CC(C#N)C[C@@H](c2cn(C)nn2)N1. The van der Waals surface area contributed by atoms with Gasteiger partial charge < -0.3 is 5.32 Å². The molecule has 1 aliphatic rings. The molecular formula is C10H15N5. The standard InChI is InChI=1S/C10H15N5/c1-7-3-8(5-11)4-9(12-7)10-6-15(2)14-13-10/h6-9,12H,3-4H2,1-2H3/t7-,8?,9-/m0/s1. The first-order chi connectivity index (χ1) is 7.19. The molecule has 1 unspecified atom stereocenters. The summed E-state index contributed by atoms with van der Waals surface area (Å²) < 4.78 is 1.69. The number of nitrogens with zero attached hydrogens (tertiary/aromatic N) is 4. The Balaban J connectivity index is 2.13. The predicted octanol–water partition coefficient (Wildman–Crippen LogP) is 0.768. The highest BCUT2D eigenvalue weighted by atomic mass is 15.4. The number of rotatable bonds is 1. The van der Waals surface area contributed by atoms with E-state index in [0.717, 1.165) is 18.5 Å². The number of hydrogen-bond donors (Lipinski definition) is 1. The Labute approximate surface area is 89.1 Å². The largest absolute Gasteiger partial charge is 0.306 e. The van der Waals surface area contributed by atoms with Gasteiger partial charge in [0.2, 0.25) is 0 Å². The lowest BCUT2D eigenvalue weighted by molar-refractivity contribution is 0.291. The quantitative estimate of drug-likeness (QED) is 0.735. The normalized spacial score (nSPS) is 31.1. The molecule has 1 aromatic heterocycles. The van der Waals surface area contributed by atoms with Crippen molar-refractivity contribution in [3.05, 3.63) is 11.9 Å². The van der Waals surface area contributed by atoms with Crippen LogP contribution in [-0.2, 0) is 7.05 Å². The monoisotopic (exact) mass is 205 g/mol. The van der Waals surface area contributed by atoms with E-state index in [1.807, 2.05) is 13.2 Å². The minimum atomic E-state index is 0.133. The second-order valence-corrected chi connectivity index (χ2v) is 4.23. The molecule has 1 N–H and O–H groups in total. The molecule has 0 spiro atoms. The van der Waals surface area contributed by atoms with E-state index >= 15 is 0 Å². The van der Waals surface area contributed by atoms with Crippen LogP contribution in [0.1, 0.15) is 31.5 Å². The van der Waals surface area contributed by atoms with Crippen LogP contribution in [0.3, 0.4) is 0 Å². The average molecular weight is 205 g/mol. The van der Waals surface area contributed by atoms with Crippen molar-refractivity contribution in [2.75, 3.05) is 0 Å². The first-order valence-corrected chi connectivity index (χ1v) is 5.21. The van der Waals surface area contributed by atoms with Crippen molar-refractivity contribution < 1.29 is 0 Å². The number of hydrogen-bond acceptors (Lipinski definition) is 4. The van der Waals surface area contributed by atoms with Crippen molar-refractivity contribution in [1.29, 1.82) is 5.26 Å². The van der Waals surface area contributed by atoms with Crippen LogP contribution in [0.5, 0.6) is 0 Å². The molecule has 0 radical (unpaired) electrons. The predicted molar refractivity (Wildman–Crippen MR) is 54.7 cm³/mol. The number of nitrogens with one attached hydrogen (secondary N) is 1. The lowest BCUT2D eigenvalue weighted by Crippen LogP contribution is -2.38. The highest BCUT2D eigenvalue weighted by Gasteiger charge is 2.28. The lowest BCUT2D eigenvalue weighted by atomic mass is 9.88. The van der Waals surface area contributed by atoms with Crippen molar-refractivity contribution in [2.45, 2.75) is 31.8 Å². The third-order valence-corrected chi connectivity index (χ3v) is 2.80.